The summed E-state index contributed by atoms with van der Waals surface area (Å²) in [5.74, 6) is 0.557. The minimum absolute atomic E-state index is 0.0161. The van der Waals surface area contributed by atoms with Crippen molar-refractivity contribution in [1.29, 1.82) is 0 Å². The third-order valence-corrected chi connectivity index (χ3v) is 5.02. The summed E-state index contributed by atoms with van der Waals surface area (Å²) in [4.78, 5) is 23.5. The second kappa shape index (κ2) is 8.98. The molecule has 150 valence electrons. The van der Waals surface area contributed by atoms with E-state index in [4.69, 9.17) is 9.15 Å². The molecule has 1 amide bonds. The van der Waals surface area contributed by atoms with Crippen LogP contribution in [0.5, 0.6) is 0 Å². The van der Waals surface area contributed by atoms with E-state index in [0.717, 1.165) is 29.1 Å². The maximum atomic E-state index is 12.6. The highest BCUT2D eigenvalue weighted by Crippen LogP contribution is 2.21. The van der Waals surface area contributed by atoms with E-state index in [1.165, 1.54) is 0 Å². The number of benzene rings is 1. The van der Waals surface area contributed by atoms with Crippen molar-refractivity contribution in [3.63, 3.8) is 0 Å². The summed E-state index contributed by atoms with van der Waals surface area (Å²) in [5.41, 5.74) is 3.52. The molecule has 4 rings (SSSR count). The van der Waals surface area contributed by atoms with Crippen LogP contribution in [0, 0.1) is 6.92 Å². The van der Waals surface area contributed by atoms with E-state index in [1.54, 1.807) is 18.7 Å². The first-order valence-electron chi connectivity index (χ1n) is 9.71. The lowest BCUT2D eigenvalue weighted by Crippen LogP contribution is -2.46. The molecule has 1 aromatic carbocycles. The van der Waals surface area contributed by atoms with Gasteiger partial charge in [-0.3, -0.25) is 14.7 Å². The molecule has 0 saturated carbocycles. The summed E-state index contributed by atoms with van der Waals surface area (Å²) in [5, 5.41) is 2.95. The van der Waals surface area contributed by atoms with Gasteiger partial charge in [0.1, 0.15) is 6.26 Å². The predicted molar refractivity (Wildman–Crippen MR) is 109 cm³/mol. The van der Waals surface area contributed by atoms with Gasteiger partial charge in [-0.2, -0.15) is 0 Å². The summed E-state index contributed by atoms with van der Waals surface area (Å²) >= 11 is 0. The quantitative estimate of drug-likeness (QED) is 0.693. The molecule has 3 aromatic rings. The van der Waals surface area contributed by atoms with Crippen LogP contribution in [-0.2, 0) is 16.1 Å². The SMILES string of the molecule is Cc1ccncc1NC(=O)C[C@H]1COCCN1Cc1coc(-c2ccccc2)n1. The molecule has 0 radical (unpaired) electrons. The van der Waals surface area contributed by atoms with E-state index >= 15 is 0 Å². The average molecular weight is 392 g/mol. The molecule has 1 aliphatic rings. The Morgan fingerprint density at radius 2 is 2.14 bits per heavy atom. The lowest BCUT2D eigenvalue weighted by molar-refractivity contribution is -0.119. The van der Waals surface area contributed by atoms with Crippen molar-refractivity contribution < 1.29 is 13.9 Å². The lowest BCUT2D eigenvalue weighted by atomic mass is 10.1. The zero-order valence-electron chi connectivity index (χ0n) is 16.4. The largest absolute Gasteiger partial charge is 0.444 e. The highest BCUT2D eigenvalue weighted by molar-refractivity contribution is 5.91. The Balaban J connectivity index is 1.39. The minimum atomic E-state index is -0.0493. The van der Waals surface area contributed by atoms with Gasteiger partial charge in [0.15, 0.2) is 0 Å². The van der Waals surface area contributed by atoms with Gasteiger partial charge >= 0.3 is 0 Å². The van der Waals surface area contributed by atoms with Gasteiger partial charge in [0.25, 0.3) is 0 Å². The van der Waals surface area contributed by atoms with Gasteiger partial charge in [0.05, 0.1) is 30.8 Å². The van der Waals surface area contributed by atoms with Crippen molar-refractivity contribution in [2.24, 2.45) is 0 Å². The molecule has 0 spiro atoms. The summed E-state index contributed by atoms with van der Waals surface area (Å²) < 4.78 is 11.3. The number of carbonyl (C=O) groups excluding carboxylic acids is 1. The van der Waals surface area contributed by atoms with Crippen molar-refractivity contribution >= 4 is 11.6 Å². The van der Waals surface area contributed by atoms with Gasteiger partial charge in [-0.25, -0.2) is 4.98 Å². The molecule has 1 N–H and O–H groups in total. The van der Waals surface area contributed by atoms with E-state index in [0.29, 0.717) is 32.1 Å². The third-order valence-electron chi connectivity index (χ3n) is 5.02. The van der Waals surface area contributed by atoms with Gasteiger partial charge in [-0.1, -0.05) is 18.2 Å². The van der Waals surface area contributed by atoms with Crippen LogP contribution in [0.3, 0.4) is 0 Å². The number of hydrogen-bond donors (Lipinski definition) is 1. The number of carbonyl (C=O) groups is 1. The van der Waals surface area contributed by atoms with E-state index in [-0.39, 0.29) is 11.9 Å². The number of hydrogen-bond acceptors (Lipinski definition) is 6. The monoisotopic (exact) mass is 392 g/mol. The molecular formula is C22H24N4O3. The van der Waals surface area contributed by atoms with Crippen molar-refractivity contribution in [1.82, 2.24) is 14.9 Å². The van der Waals surface area contributed by atoms with Crippen LogP contribution in [0.25, 0.3) is 11.5 Å². The Bertz CT molecular complexity index is 957. The summed E-state index contributed by atoms with van der Waals surface area (Å²) in [6.07, 6.45) is 5.41. The highest BCUT2D eigenvalue weighted by atomic mass is 16.5. The van der Waals surface area contributed by atoms with Gasteiger partial charge in [-0.15, -0.1) is 0 Å². The fourth-order valence-corrected chi connectivity index (χ4v) is 3.40. The third kappa shape index (κ3) is 4.88. The molecule has 29 heavy (non-hydrogen) atoms. The van der Waals surface area contributed by atoms with E-state index in [9.17, 15) is 4.79 Å². The van der Waals surface area contributed by atoms with Crippen LogP contribution < -0.4 is 5.32 Å². The van der Waals surface area contributed by atoms with Crippen molar-refractivity contribution in [3.05, 3.63) is 66.3 Å². The summed E-state index contributed by atoms with van der Waals surface area (Å²) in [6, 6.07) is 11.7. The molecule has 0 bridgehead atoms. The topological polar surface area (TPSA) is 80.5 Å². The number of morpholine rings is 1. The first-order chi connectivity index (χ1) is 14.2. The number of amides is 1. The Kier molecular flexibility index (Phi) is 5.97. The molecule has 7 heteroatoms. The Hall–Kier alpha value is -3.03. The maximum Gasteiger partial charge on any atom is 0.226 e. The van der Waals surface area contributed by atoms with Gasteiger partial charge < -0.3 is 14.5 Å². The predicted octanol–water partition coefficient (Wildman–Crippen LogP) is 3.27. The van der Waals surface area contributed by atoms with E-state index < -0.39 is 0 Å². The fourth-order valence-electron chi connectivity index (χ4n) is 3.40. The van der Waals surface area contributed by atoms with Crippen LogP contribution >= 0.6 is 0 Å². The molecule has 1 fully saturated rings. The number of ether oxygens (including phenoxy) is 1. The number of anilines is 1. The average Bonchev–Trinajstić information content (AvgIpc) is 3.20. The number of rotatable bonds is 6. The second-order valence-corrected chi connectivity index (χ2v) is 7.15. The Labute approximate surface area is 169 Å². The van der Waals surface area contributed by atoms with Crippen LogP contribution in [0.1, 0.15) is 17.7 Å². The molecule has 0 aliphatic carbocycles. The second-order valence-electron chi connectivity index (χ2n) is 7.15. The molecule has 2 aromatic heterocycles. The number of nitrogens with one attached hydrogen (secondary N) is 1. The summed E-state index contributed by atoms with van der Waals surface area (Å²) in [7, 11) is 0. The lowest BCUT2D eigenvalue weighted by Gasteiger charge is -2.34. The zero-order chi connectivity index (χ0) is 20.1. The van der Waals surface area contributed by atoms with Crippen molar-refractivity contribution in [2.75, 3.05) is 25.1 Å². The highest BCUT2D eigenvalue weighted by Gasteiger charge is 2.26. The minimum Gasteiger partial charge on any atom is -0.444 e. The molecule has 1 aliphatic heterocycles. The maximum absolute atomic E-state index is 12.6. The van der Waals surface area contributed by atoms with Crippen LogP contribution in [0.2, 0.25) is 0 Å². The van der Waals surface area contributed by atoms with Gasteiger partial charge in [0.2, 0.25) is 11.8 Å². The summed E-state index contributed by atoms with van der Waals surface area (Å²) in [6.45, 7) is 4.47. The van der Waals surface area contributed by atoms with Crippen molar-refractivity contribution in [2.45, 2.75) is 25.9 Å². The van der Waals surface area contributed by atoms with Gasteiger partial charge in [0, 0.05) is 37.3 Å². The molecule has 0 unspecified atom stereocenters. The molecule has 7 nitrogen and oxygen atoms in total. The fraction of sp³-hybridized carbons (Fsp3) is 0.318. The van der Waals surface area contributed by atoms with E-state index in [2.05, 4.69) is 20.2 Å². The molecular weight excluding hydrogens is 368 g/mol. The number of oxazole rings is 1. The number of nitrogens with zero attached hydrogens (tertiary/aromatic N) is 3. The zero-order valence-corrected chi connectivity index (χ0v) is 16.4. The standard InChI is InChI=1S/C22H24N4O3/c1-16-7-8-23-12-20(16)25-21(27)11-19-15-28-10-9-26(19)13-18-14-29-22(24-18)17-5-3-2-4-6-17/h2-8,12,14,19H,9-11,13,15H2,1H3,(H,25,27)/t19-/m0/s1. The first kappa shape index (κ1) is 19.3. The smallest absolute Gasteiger partial charge is 0.226 e. The van der Waals surface area contributed by atoms with Crippen LogP contribution in [0.4, 0.5) is 5.69 Å². The van der Waals surface area contributed by atoms with Crippen molar-refractivity contribution in [3.8, 4) is 11.5 Å². The Morgan fingerprint density at radius 1 is 1.28 bits per heavy atom. The molecule has 3 heterocycles. The Morgan fingerprint density at radius 3 is 2.97 bits per heavy atom. The number of aromatic nitrogens is 2. The normalized spacial score (nSPS) is 17.2. The van der Waals surface area contributed by atoms with Gasteiger partial charge in [-0.05, 0) is 30.7 Å². The number of pyridine rings is 1. The first-order valence-corrected chi connectivity index (χ1v) is 9.71. The van der Waals surface area contributed by atoms with Crippen LogP contribution in [-0.4, -0.2) is 46.6 Å². The van der Waals surface area contributed by atoms with E-state index in [1.807, 2.05) is 43.3 Å². The van der Waals surface area contributed by atoms with Crippen LogP contribution in [0.15, 0.2) is 59.5 Å². The molecule has 1 saturated heterocycles. The number of aryl methyl sites for hydroxylation is 1. The molecule has 1 atom stereocenters.